The second kappa shape index (κ2) is 3.90. The number of aromatic nitrogens is 1. The van der Waals surface area contributed by atoms with Crippen LogP contribution < -0.4 is 0 Å². The Kier molecular flexibility index (Phi) is 2.75. The first kappa shape index (κ1) is 10.6. The van der Waals surface area contributed by atoms with E-state index in [0.717, 1.165) is 23.9 Å². The quantitative estimate of drug-likeness (QED) is 0.754. The smallest absolute Gasteiger partial charge is 0.133 e. The van der Waals surface area contributed by atoms with Crippen LogP contribution in [-0.4, -0.2) is 4.98 Å². The maximum atomic E-state index is 13.4. The summed E-state index contributed by atoms with van der Waals surface area (Å²) >= 11 is 5.41. The van der Waals surface area contributed by atoms with E-state index in [9.17, 15) is 8.78 Å². The Morgan fingerprint density at radius 2 is 2.07 bits per heavy atom. The molecule has 0 aliphatic heterocycles. The molecule has 0 unspecified atom stereocenters. The third-order valence-corrected chi connectivity index (χ3v) is 3.52. The van der Waals surface area contributed by atoms with Gasteiger partial charge < -0.3 is 0 Å². The Labute approximate surface area is 95.2 Å². The van der Waals surface area contributed by atoms with Crippen molar-refractivity contribution in [3.05, 3.63) is 35.5 Å². The molecule has 0 saturated heterocycles. The molecule has 0 amide bonds. The standard InChI is InChI=1S/C10H7F2NS2/c1-5-10(14)15-9(13-5)7-4-6(11)2-3-8(7)12/h2-4,14H,1H3. The molecule has 0 radical (unpaired) electrons. The zero-order valence-corrected chi connectivity index (χ0v) is 9.50. The summed E-state index contributed by atoms with van der Waals surface area (Å²) in [6.45, 7) is 1.78. The van der Waals surface area contributed by atoms with Gasteiger partial charge in [-0.25, -0.2) is 13.8 Å². The minimum atomic E-state index is -0.474. The Morgan fingerprint density at radius 1 is 1.33 bits per heavy atom. The second-order valence-electron chi connectivity index (χ2n) is 3.03. The first-order valence-corrected chi connectivity index (χ1v) is 5.46. The normalized spacial score (nSPS) is 10.7. The van der Waals surface area contributed by atoms with E-state index in [-0.39, 0.29) is 5.56 Å². The van der Waals surface area contributed by atoms with E-state index in [1.807, 2.05) is 0 Å². The van der Waals surface area contributed by atoms with Crippen LogP contribution in [0.25, 0.3) is 10.6 Å². The van der Waals surface area contributed by atoms with Crippen molar-refractivity contribution in [1.29, 1.82) is 0 Å². The van der Waals surface area contributed by atoms with Crippen molar-refractivity contribution >= 4 is 24.0 Å². The van der Waals surface area contributed by atoms with Crippen molar-refractivity contribution in [2.75, 3.05) is 0 Å². The molecule has 0 fully saturated rings. The highest BCUT2D eigenvalue weighted by Gasteiger charge is 2.12. The molecular formula is C10H7F2NS2. The summed E-state index contributed by atoms with van der Waals surface area (Å²) in [5.41, 5.74) is 0.908. The van der Waals surface area contributed by atoms with Crippen LogP contribution in [0.4, 0.5) is 8.78 Å². The van der Waals surface area contributed by atoms with Crippen LogP contribution in [-0.2, 0) is 0 Å². The van der Waals surface area contributed by atoms with Gasteiger partial charge in [0.2, 0.25) is 0 Å². The molecule has 1 aromatic carbocycles. The lowest BCUT2D eigenvalue weighted by molar-refractivity contribution is 0.603. The Bertz CT molecular complexity index is 489. The number of thiazole rings is 1. The van der Waals surface area contributed by atoms with Crippen LogP contribution in [0.1, 0.15) is 5.69 Å². The first-order valence-electron chi connectivity index (χ1n) is 4.20. The highest BCUT2D eigenvalue weighted by atomic mass is 32.2. The molecule has 78 valence electrons. The molecule has 0 atom stereocenters. The van der Waals surface area contributed by atoms with Gasteiger partial charge in [0, 0.05) is 5.56 Å². The SMILES string of the molecule is Cc1nc(-c2cc(F)ccc2F)sc1S. The van der Waals surface area contributed by atoms with Crippen LogP contribution in [0.2, 0.25) is 0 Å². The molecule has 1 nitrogen and oxygen atoms in total. The van der Waals surface area contributed by atoms with Crippen molar-refractivity contribution < 1.29 is 8.78 Å². The fourth-order valence-corrected chi connectivity index (χ4v) is 2.30. The lowest BCUT2D eigenvalue weighted by Crippen LogP contribution is -1.85. The summed E-state index contributed by atoms with van der Waals surface area (Å²) in [6.07, 6.45) is 0. The lowest BCUT2D eigenvalue weighted by Gasteiger charge is -1.98. The second-order valence-corrected chi connectivity index (χ2v) is 4.78. The van der Waals surface area contributed by atoms with E-state index in [2.05, 4.69) is 17.6 Å². The molecule has 0 aliphatic carbocycles. The zero-order chi connectivity index (χ0) is 11.0. The van der Waals surface area contributed by atoms with Gasteiger partial charge in [0.15, 0.2) is 0 Å². The van der Waals surface area contributed by atoms with Crippen LogP contribution in [0, 0.1) is 18.6 Å². The van der Waals surface area contributed by atoms with E-state index >= 15 is 0 Å². The summed E-state index contributed by atoms with van der Waals surface area (Å²) in [6, 6.07) is 3.32. The summed E-state index contributed by atoms with van der Waals surface area (Å²) < 4.78 is 27.0. The fourth-order valence-electron chi connectivity index (χ4n) is 1.16. The number of nitrogens with zero attached hydrogens (tertiary/aromatic N) is 1. The van der Waals surface area contributed by atoms with Crippen molar-refractivity contribution in [3.8, 4) is 10.6 Å². The predicted molar refractivity (Wildman–Crippen MR) is 59.5 cm³/mol. The number of thiol groups is 1. The molecule has 0 aliphatic rings. The summed E-state index contributed by atoms with van der Waals surface area (Å²) in [7, 11) is 0. The zero-order valence-electron chi connectivity index (χ0n) is 7.79. The van der Waals surface area contributed by atoms with Gasteiger partial charge in [-0.2, -0.15) is 0 Å². The van der Waals surface area contributed by atoms with Crippen LogP contribution in [0.5, 0.6) is 0 Å². The Morgan fingerprint density at radius 3 is 2.67 bits per heavy atom. The topological polar surface area (TPSA) is 12.9 Å². The van der Waals surface area contributed by atoms with Gasteiger partial charge in [0.1, 0.15) is 16.6 Å². The maximum Gasteiger partial charge on any atom is 0.133 e. The molecule has 0 saturated carbocycles. The van der Waals surface area contributed by atoms with E-state index in [4.69, 9.17) is 0 Å². The van der Waals surface area contributed by atoms with Crippen LogP contribution >= 0.6 is 24.0 Å². The van der Waals surface area contributed by atoms with Crippen molar-refractivity contribution in [3.63, 3.8) is 0 Å². The Hall–Kier alpha value is -0.940. The molecule has 1 aromatic heterocycles. The fraction of sp³-hybridized carbons (Fsp3) is 0.100. The van der Waals surface area contributed by atoms with Crippen LogP contribution in [0.15, 0.2) is 22.4 Å². The van der Waals surface area contributed by atoms with Crippen molar-refractivity contribution in [2.24, 2.45) is 0 Å². The van der Waals surface area contributed by atoms with Gasteiger partial charge in [0.25, 0.3) is 0 Å². The highest BCUT2D eigenvalue weighted by molar-refractivity contribution is 7.83. The number of hydrogen-bond acceptors (Lipinski definition) is 3. The molecule has 2 rings (SSSR count). The number of aryl methyl sites for hydroxylation is 1. The molecular weight excluding hydrogens is 236 g/mol. The van der Waals surface area contributed by atoms with Crippen LogP contribution in [0.3, 0.4) is 0 Å². The average molecular weight is 243 g/mol. The highest BCUT2D eigenvalue weighted by Crippen LogP contribution is 2.31. The van der Waals surface area contributed by atoms with E-state index < -0.39 is 11.6 Å². The van der Waals surface area contributed by atoms with E-state index in [0.29, 0.717) is 9.22 Å². The van der Waals surface area contributed by atoms with E-state index in [1.165, 1.54) is 11.3 Å². The molecule has 0 spiro atoms. The summed E-state index contributed by atoms with van der Waals surface area (Å²) in [5, 5.41) is 0.453. The van der Waals surface area contributed by atoms with Gasteiger partial charge in [-0.05, 0) is 25.1 Å². The van der Waals surface area contributed by atoms with E-state index in [1.54, 1.807) is 6.92 Å². The molecule has 5 heteroatoms. The van der Waals surface area contributed by atoms with Gasteiger partial charge in [-0.15, -0.1) is 24.0 Å². The van der Waals surface area contributed by atoms with Gasteiger partial charge in [0.05, 0.1) is 9.90 Å². The third kappa shape index (κ3) is 2.03. The number of benzene rings is 1. The molecule has 2 aromatic rings. The number of hydrogen-bond donors (Lipinski definition) is 1. The molecule has 1 heterocycles. The van der Waals surface area contributed by atoms with Gasteiger partial charge in [-0.1, -0.05) is 0 Å². The van der Waals surface area contributed by atoms with Gasteiger partial charge >= 0.3 is 0 Å². The molecule has 0 N–H and O–H groups in total. The minimum absolute atomic E-state index is 0.184. The number of halogens is 2. The predicted octanol–water partition coefficient (Wildman–Crippen LogP) is 3.69. The maximum absolute atomic E-state index is 13.4. The van der Waals surface area contributed by atoms with Crippen molar-refractivity contribution in [2.45, 2.75) is 11.1 Å². The van der Waals surface area contributed by atoms with Crippen molar-refractivity contribution in [1.82, 2.24) is 4.98 Å². The monoisotopic (exact) mass is 243 g/mol. The lowest BCUT2D eigenvalue weighted by atomic mass is 10.2. The third-order valence-electron chi connectivity index (χ3n) is 1.93. The van der Waals surface area contributed by atoms with Gasteiger partial charge in [-0.3, -0.25) is 0 Å². The molecule has 15 heavy (non-hydrogen) atoms. The first-order chi connectivity index (χ1) is 7.08. The average Bonchev–Trinajstić information content (AvgIpc) is 2.51. The summed E-state index contributed by atoms with van der Waals surface area (Å²) in [4.78, 5) is 4.12. The minimum Gasteiger partial charge on any atom is -0.240 e. The Balaban J connectivity index is 2.58. The molecule has 0 bridgehead atoms. The summed E-state index contributed by atoms with van der Waals surface area (Å²) in [5.74, 6) is -0.946. The number of rotatable bonds is 1. The largest absolute Gasteiger partial charge is 0.240 e.